The zero-order chi connectivity index (χ0) is 21.3. The van der Waals surface area contributed by atoms with Gasteiger partial charge in [0.2, 0.25) is 0 Å². The molecule has 0 saturated heterocycles. The minimum atomic E-state index is -0.787. The van der Waals surface area contributed by atoms with Gasteiger partial charge in [-0.05, 0) is 59.9 Å². The number of aromatic nitrogens is 1. The van der Waals surface area contributed by atoms with E-state index >= 15 is 0 Å². The van der Waals surface area contributed by atoms with E-state index in [-0.39, 0.29) is 6.42 Å². The molecule has 3 rings (SSSR count). The van der Waals surface area contributed by atoms with Crippen molar-refractivity contribution in [2.24, 2.45) is 0 Å². The summed E-state index contributed by atoms with van der Waals surface area (Å²) in [5.41, 5.74) is 5.96. The van der Waals surface area contributed by atoms with Crippen molar-refractivity contribution in [2.45, 2.75) is 32.8 Å². The second kappa shape index (κ2) is 10.6. The van der Waals surface area contributed by atoms with Crippen LogP contribution >= 0.6 is 0 Å². The Morgan fingerprint density at radius 1 is 1.00 bits per heavy atom. The van der Waals surface area contributed by atoms with E-state index in [1.54, 1.807) is 7.11 Å². The van der Waals surface area contributed by atoms with E-state index in [0.717, 1.165) is 45.7 Å². The molecule has 30 heavy (non-hydrogen) atoms. The Morgan fingerprint density at radius 3 is 2.33 bits per heavy atom. The van der Waals surface area contributed by atoms with Gasteiger partial charge in [-0.25, -0.2) is 0 Å². The third-order valence-electron chi connectivity index (χ3n) is 4.82. The first-order valence-electron chi connectivity index (χ1n) is 10.1. The number of carboxylic acid groups (broad SMARTS) is 1. The lowest BCUT2D eigenvalue weighted by molar-refractivity contribution is -0.136. The predicted octanol–water partition coefficient (Wildman–Crippen LogP) is 5.37. The fraction of sp³-hybridized carbons (Fsp3) is 0.280. The van der Waals surface area contributed by atoms with Crippen LogP contribution in [0.3, 0.4) is 0 Å². The van der Waals surface area contributed by atoms with Gasteiger partial charge in [0.05, 0.1) is 19.4 Å². The SMILES string of the molecule is CCCOCc1cnc(-c2ccc(OC)cc2)c(-c2ccc(CCC(=O)O)cc2)c1. The van der Waals surface area contributed by atoms with Gasteiger partial charge in [0.25, 0.3) is 0 Å². The molecule has 156 valence electrons. The summed E-state index contributed by atoms with van der Waals surface area (Å²) in [5.74, 6) is 0.0116. The molecule has 5 heteroatoms. The molecule has 1 N–H and O–H groups in total. The Bertz CT molecular complexity index is 965. The monoisotopic (exact) mass is 405 g/mol. The molecular weight excluding hydrogens is 378 g/mol. The predicted molar refractivity (Wildman–Crippen MR) is 118 cm³/mol. The molecule has 0 saturated carbocycles. The van der Waals surface area contributed by atoms with Gasteiger partial charge in [-0.3, -0.25) is 9.78 Å². The summed E-state index contributed by atoms with van der Waals surface area (Å²) in [6, 6.07) is 18.0. The van der Waals surface area contributed by atoms with Gasteiger partial charge in [0.1, 0.15) is 5.75 Å². The quantitative estimate of drug-likeness (QED) is 0.459. The van der Waals surface area contributed by atoms with Crippen LogP contribution in [0.1, 0.15) is 30.9 Å². The molecule has 5 nitrogen and oxygen atoms in total. The molecule has 0 atom stereocenters. The molecule has 1 heterocycles. The molecule has 0 aliphatic heterocycles. The lowest BCUT2D eigenvalue weighted by Crippen LogP contribution is -1.99. The third kappa shape index (κ3) is 5.67. The minimum Gasteiger partial charge on any atom is -0.497 e. The Hall–Kier alpha value is -3.18. The van der Waals surface area contributed by atoms with Crippen LogP contribution in [0.5, 0.6) is 5.75 Å². The van der Waals surface area contributed by atoms with Gasteiger partial charge >= 0.3 is 5.97 Å². The number of nitrogens with zero attached hydrogens (tertiary/aromatic N) is 1. The molecular formula is C25H27NO4. The van der Waals surface area contributed by atoms with Crippen molar-refractivity contribution < 1.29 is 19.4 Å². The maximum atomic E-state index is 10.8. The lowest BCUT2D eigenvalue weighted by atomic mass is 9.96. The van der Waals surface area contributed by atoms with Gasteiger partial charge in [0, 0.05) is 30.4 Å². The molecule has 0 aliphatic rings. The topological polar surface area (TPSA) is 68.7 Å². The number of ether oxygens (including phenoxy) is 2. The van der Waals surface area contributed by atoms with Crippen LogP contribution in [-0.2, 0) is 22.6 Å². The summed E-state index contributed by atoms with van der Waals surface area (Å²) in [6.45, 7) is 3.32. The minimum absolute atomic E-state index is 0.127. The number of hydrogen-bond acceptors (Lipinski definition) is 4. The molecule has 0 aliphatic carbocycles. The summed E-state index contributed by atoms with van der Waals surface area (Å²) in [5, 5.41) is 8.90. The summed E-state index contributed by atoms with van der Waals surface area (Å²) in [4.78, 5) is 15.6. The van der Waals surface area contributed by atoms with Crippen LogP contribution in [-0.4, -0.2) is 29.8 Å². The average Bonchev–Trinajstić information content (AvgIpc) is 2.78. The summed E-state index contributed by atoms with van der Waals surface area (Å²) >= 11 is 0. The van der Waals surface area contributed by atoms with Crippen molar-refractivity contribution in [2.75, 3.05) is 13.7 Å². The number of hydrogen-bond donors (Lipinski definition) is 1. The van der Waals surface area contributed by atoms with E-state index in [0.29, 0.717) is 19.6 Å². The van der Waals surface area contributed by atoms with Gasteiger partial charge in [0.15, 0.2) is 0 Å². The van der Waals surface area contributed by atoms with Gasteiger partial charge in [-0.15, -0.1) is 0 Å². The Morgan fingerprint density at radius 2 is 1.70 bits per heavy atom. The van der Waals surface area contributed by atoms with Crippen molar-refractivity contribution in [1.82, 2.24) is 4.98 Å². The van der Waals surface area contributed by atoms with Crippen LogP contribution < -0.4 is 4.74 Å². The fourth-order valence-corrected chi connectivity index (χ4v) is 3.22. The number of aryl methyl sites for hydroxylation is 1. The zero-order valence-corrected chi connectivity index (χ0v) is 17.4. The number of methoxy groups -OCH3 is 1. The van der Waals surface area contributed by atoms with Crippen molar-refractivity contribution in [3.05, 3.63) is 71.9 Å². The maximum Gasteiger partial charge on any atom is 0.303 e. The summed E-state index contributed by atoms with van der Waals surface area (Å²) < 4.78 is 11.0. The van der Waals surface area contributed by atoms with Gasteiger partial charge in [-0.2, -0.15) is 0 Å². The first-order valence-corrected chi connectivity index (χ1v) is 10.1. The zero-order valence-electron chi connectivity index (χ0n) is 17.4. The Labute approximate surface area is 177 Å². The van der Waals surface area contributed by atoms with Crippen LogP contribution in [0.4, 0.5) is 0 Å². The second-order valence-electron chi connectivity index (χ2n) is 7.11. The highest BCUT2D eigenvalue weighted by Crippen LogP contribution is 2.32. The molecule has 0 spiro atoms. The first kappa shape index (κ1) is 21.5. The first-order chi connectivity index (χ1) is 14.6. The molecule has 0 bridgehead atoms. The molecule has 0 amide bonds. The molecule has 2 aromatic carbocycles. The van der Waals surface area contributed by atoms with E-state index in [1.165, 1.54) is 0 Å². The van der Waals surface area contributed by atoms with E-state index in [4.69, 9.17) is 19.6 Å². The normalized spacial score (nSPS) is 10.7. The van der Waals surface area contributed by atoms with E-state index < -0.39 is 5.97 Å². The molecule has 0 fully saturated rings. The van der Waals surface area contributed by atoms with Gasteiger partial charge < -0.3 is 14.6 Å². The average molecular weight is 405 g/mol. The highest BCUT2D eigenvalue weighted by molar-refractivity contribution is 5.81. The Balaban J connectivity index is 1.95. The van der Waals surface area contributed by atoms with Gasteiger partial charge in [-0.1, -0.05) is 31.2 Å². The smallest absolute Gasteiger partial charge is 0.303 e. The standard InChI is InChI=1S/C25H27NO4/c1-3-14-30-17-19-15-23(20-7-4-18(5-8-20)6-13-24(27)28)25(26-16-19)21-9-11-22(29-2)12-10-21/h4-5,7-12,15-16H,3,6,13-14,17H2,1-2H3,(H,27,28). The van der Waals surface area contributed by atoms with Crippen LogP contribution in [0.25, 0.3) is 22.4 Å². The number of pyridine rings is 1. The highest BCUT2D eigenvalue weighted by Gasteiger charge is 2.12. The molecule has 3 aromatic rings. The van der Waals surface area contributed by atoms with Crippen molar-refractivity contribution in [3.8, 4) is 28.1 Å². The number of aliphatic carboxylic acids is 1. The van der Waals surface area contributed by atoms with Crippen molar-refractivity contribution >= 4 is 5.97 Å². The summed E-state index contributed by atoms with van der Waals surface area (Å²) in [6.07, 6.45) is 3.48. The number of benzene rings is 2. The van der Waals surface area contributed by atoms with E-state index in [9.17, 15) is 4.79 Å². The molecule has 0 radical (unpaired) electrons. The van der Waals surface area contributed by atoms with Crippen LogP contribution in [0, 0.1) is 0 Å². The van der Waals surface area contributed by atoms with Crippen molar-refractivity contribution in [3.63, 3.8) is 0 Å². The van der Waals surface area contributed by atoms with Crippen LogP contribution in [0.2, 0.25) is 0 Å². The van der Waals surface area contributed by atoms with E-state index in [1.807, 2.05) is 54.7 Å². The second-order valence-corrected chi connectivity index (χ2v) is 7.11. The number of carbonyl (C=O) groups is 1. The fourth-order valence-electron chi connectivity index (χ4n) is 3.22. The molecule has 1 aromatic heterocycles. The highest BCUT2D eigenvalue weighted by atomic mass is 16.5. The van der Waals surface area contributed by atoms with Crippen LogP contribution in [0.15, 0.2) is 60.8 Å². The van der Waals surface area contributed by atoms with E-state index in [2.05, 4.69) is 13.0 Å². The summed E-state index contributed by atoms with van der Waals surface area (Å²) in [7, 11) is 1.65. The number of rotatable bonds is 10. The Kier molecular flexibility index (Phi) is 7.57. The maximum absolute atomic E-state index is 10.8. The molecule has 0 unspecified atom stereocenters. The third-order valence-corrected chi connectivity index (χ3v) is 4.82. The number of carboxylic acids is 1. The largest absolute Gasteiger partial charge is 0.497 e. The van der Waals surface area contributed by atoms with Crippen molar-refractivity contribution in [1.29, 1.82) is 0 Å². The lowest BCUT2D eigenvalue weighted by Gasteiger charge is -2.13.